The summed E-state index contributed by atoms with van der Waals surface area (Å²) in [6.45, 7) is 2.20. The van der Waals surface area contributed by atoms with Gasteiger partial charge in [0.1, 0.15) is 0 Å². The van der Waals surface area contributed by atoms with Gasteiger partial charge >= 0.3 is 0 Å². The Labute approximate surface area is 212 Å². The van der Waals surface area contributed by atoms with Crippen LogP contribution in [0.25, 0.3) is 33.0 Å². The fraction of sp³-hybridized carbons (Fsp3) is 0.0556. The smallest absolute Gasteiger partial charge is 0.0622 e. The standard InChI is InChI=1S/C36H26/c1-25-19-21-32-33-22-20-27(31-18-10-12-26-11-8-9-17-30(26)31)24-35(33)36(34(32)23-25,28-13-4-2-5-14-28)29-15-6-3-7-16-29/h2-24H,1H3. The molecule has 0 atom stereocenters. The van der Waals surface area contributed by atoms with Gasteiger partial charge in [-0.15, -0.1) is 0 Å². The molecular formula is C36H26. The molecular weight excluding hydrogens is 432 g/mol. The highest BCUT2D eigenvalue weighted by Gasteiger charge is 2.46. The number of hydrogen-bond donors (Lipinski definition) is 0. The number of fused-ring (bicyclic) bond motifs is 4. The number of aryl methyl sites for hydroxylation is 1. The Bertz CT molecular complexity index is 1680. The quantitative estimate of drug-likeness (QED) is 0.248. The second-order valence-corrected chi connectivity index (χ2v) is 9.82. The third kappa shape index (κ3) is 2.94. The first-order valence-electron chi connectivity index (χ1n) is 12.6. The van der Waals surface area contributed by atoms with Crippen LogP contribution < -0.4 is 0 Å². The van der Waals surface area contributed by atoms with Crippen LogP contribution in [0.2, 0.25) is 0 Å². The normalized spacial score (nSPS) is 13.4. The molecule has 0 unspecified atom stereocenters. The van der Waals surface area contributed by atoms with Crippen molar-refractivity contribution in [2.75, 3.05) is 0 Å². The van der Waals surface area contributed by atoms with Gasteiger partial charge in [0.2, 0.25) is 0 Å². The second-order valence-electron chi connectivity index (χ2n) is 9.82. The number of benzene rings is 6. The summed E-state index contributed by atoms with van der Waals surface area (Å²) in [4.78, 5) is 0. The van der Waals surface area contributed by atoms with Gasteiger partial charge in [-0.1, -0.05) is 139 Å². The minimum Gasteiger partial charge on any atom is -0.0622 e. The third-order valence-corrected chi connectivity index (χ3v) is 7.81. The van der Waals surface area contributed by atoms with E-state index >= 15 is 0 Å². The van der Waals surface area contributed by atoms with E-state index in [1.165, 1.54) is 60.8 Å². The topological polar surface area (TPSA) is 0 Å². The number of rotatable bonds is 3. The van der Waals surface area contributed by atoms with Gasteiger partial charge in [-0.2, -0.15) is 0 Å². The average molecular weight is 459 g/mol. The van der Waals surface area contributed by atoms with Crippen LogP contribution in [-0.2, 0) is 5.41 Å². The van der Waals surface area contributed by atoms with Crippen molar-refractivity contribution in [2.45, 2.75) is 12.3 Å². The summed E-state index contributed by atoms with van der Waals surface area (Å²) in [5.74, 6) is 0. The van der Waals surface area contributed by atoms with Crippen molar-refractivity contribution in [3.8, 4) is 22.3 Å². The van der Waals surface area contributed by atoms with Crippen molar-refractivity contribution in [3.05, 3.63) is 167 Å². The molecule has 6 aromatic rings. The molecule has 170 valence electrons. The Morgan fingerprint density at radius 2 is 1.03 bits per heavy atom. The van der Waals surface area contributed by atoms with Crippen molar-refractivity contribution in [1.82, 2.24) is 0 Å². The Morgan fingerprint density at radius 1 is 0.444 bits per heavy atom. The molecule has 7 rings (SSSR count). The van der Waals surface area contributed by atoms with E-state index in [-0.39, 0.29) is 5.41 Å². The first-order chi connectivity index (χ1) is 17.8. The summed E-state index contributed by atoms with van der Waals surface area (Å²) < 4.78 is 0. The molecule has 0 fully saturated rings. The van der Waals surface area contributed by atoms with E-state index in [1.54, 1.807) is 0 Å². The van der Waals surface area contributed by atoms with Gasteiger partial charge in [-0.05, 0) is 68.3 Å². The van der Waals surface area contributed by atoms with Crippen LogP contribution in [0.1, 0.15) is 27.8 Å². The predicted molar refractivity (Wildman–Crippen MR) is 151 cm³/mol. The van der Waals surface area contributed by atoms with Crippen molar-refractivity contribution in [2.24, 2.45) is 0 Å². The zero-order chi connectivity index (χ0) is 24.1. The summed E-state index contributed by atoms with van der Waals surface area (Å²) in [7, 11) is 0. The Morgan fingerprint density at radius 3 is 1.75 bits per heavy atom. The lowest BCUT2D eigenvalue weighted by atomic mass is 9.67. The van der Waals surface area contributed by atoms with E-state index in [0.717, 1.165) is 0 Å². The summed E-state index contributed by atoms with van der Waals surface area (Å²) in [5, 5.41) is 2.56. The Hall–Kier alpha value is -4.42. The molecule has 0 amide bonds. The first-order valence-corrected chi connectivity index (χ1v) is 12.6. The van der Waals surface area contributed by atoms with E-state index in [9.17, 15) is 0 Å². The highest BCUT2D eigenvalue weighted by Crippen LogP contribution is 2.57. The van der Waals surface area contributed by atoms with Gasteiger partial charge in [-0.25, -0.2) is 0 Å². The molecule has 0 saturated heterocycles. The maximum absolute atomic E-state index is 2.45. The van der Waals surface area contributed by atoms with Crippen LogP contribution in [0.5, 0.6) is 0 Å². The van der Waals surface area contributed by atoms with E-state index < -0.39 is 0 Å². The minimum atomic E-state index is -0.375. The molecule has 6 aromatic carbocycles. The fourth-order valence-electron chi connectivity index (χ4n) is 6.25. The largest absolute Gasteiger partial charge is 0.0713 e. The SMILES string of the molecule is Cc1ccc2c(c1)C(c1ccccc1)(c1ccccc1)c1cc(-c3cccc4ccccc34)ccc1-2. The van der Waals surface area contributed by atoms with Gasteiger partial charge in [0.15, 0.2) is 0 Å². The molecule has 0 bridgehead atoms. The van der Waals surface area contributed by atoms with Crippen molar-refractivity contribution >= 4 is 10.8 Å². The first kappa shape index (κ1) is 20.9. The van der Waals surface area contributed by atoms with Crippen molar-refractivity contribution in [3.63, 3.8) is 0 Å². The maximum Gasteiger partial charge on any atom is 0.0713 e. The second kappa shape index (κ2) is 8.07. The minimum absolute atomic E-state index is 0.375. The lowest BCUT2D eigenvalue weighted by Crippen LogP contribution is -2.28. The average Bonchev–Trinajstić information content (AvgIpc) is 3.23. The zero-order valence-corrected chi connectivity index (χ0v) is 20.3. The molecule has 0 aromatic heterocycles. The summed E-state index contributed by atoms with van der Waals surface area (Å²) in [5.41, 5.74) is 11.4. The lowest BCUT2D eigenvalue weighted by molar-refractivity contribution is 0.768. The van der Waals surface area contributed by atoms with Gasteiger partial charge in [0.05, 0.1) is 5.41 Å². The van der Waals surface area contributed by atoms with Gasteiger partial charge in [-0.3, -0.25) is 0 Å². The molecule has 0 heteroatoms. The van der Waals surface area contributed by atoms with Crippen molar-refractivity contribution < 1.29 is 0 Å². The highest BCUT2D eigenvalue weighted by molar-refractivity contribution is 5.98. The maximum atomic E-state index is 2.45. The van der Waals surface area contributed by atoms with E-state index in [2.05, 4.69) is 146 Å². The summed E-state index contributed by atoms with van der Waals surface area (Å²) >= 11 is 0. The molecule has 0 radical (unpaired) electrons. The molecule has 1 aliphatic rings. The van der Waals surface area contributed by atoms with Crippen LogP contribution in [-0.4, -0.2) is 0 Å². The molecule has 0 heterocycles. The van der Waals surface area contributed by atoms with Gasteiger partial charge < -0.3 is 0 Å². The van der Waals surface area contributed by atoms with Crippen LogP contribution in [0, 0.1) is 6.92 Å². The van der Waals surface area contributed by atoms with Crippen LogP contribution >= 0.6 is 0 Å². The van der Waals surface area contributed by atoms with E-state index in [4.69, 9.17) is 0 Å². The van der Waals surface area contributed by atoms with Crippen LogP contribution in [0.3, 0.4) is 0 Å². The Balaban J connectivity index is 1.60. The molecule has 36 heavy (non-hydrogen) atoms. The van der Waals surface area contributed by atoms with Crippen LogP contribution in [0.4, 0.5) is 0 Å². The van der Waals surface area contributed by atoms with Crippen LogP contribution in [0.15, 0.2) is 140 Å². The van der Waals surface area contributed by atoms with Gasteiger partial charge in [0, 0.05) is 0 Å². The predicted octanol–water partition coefficient (Wildman–Crippen LogP) is 9.18. The molecule has 0 nitrogen and oxygen atoms in total. The molecule has 0 N–H and O–H groups in total. The molecule has 0 aliphatic heterocycles. The molecule has 0 spiro atoms. The molecule has 1 aliphatic carbocycles. The van der Waals surface area contributed by atoms with Gasteiger partial charge in [0.25, 0.3) is 0 Å². The summed E-state index contributed by atoms with van der Waals surface area (Å²) in [6, 6.07) is 51.4. The zero-order valence-electron chi connectivity index (χ0n) is 20.3. The Kier molecular flexibility index (Phi) is 4.69. The van der Waals surface area contributed by atoms with E-state index in [1.807, 2.05) is 0 Å². The third-order valence-electron chi connectivity index (χ3n) is 7.81. The van der Waals surface area contributed by atoms with E-state index in [0.29, 0.717) is 0 Å². The number of hydrogen-bond acceptors (Lipinski definition) is 0. The van der Waals surface area contributed by atoms with Crippen molar-refractivity contribution in [1.29, 1.82) is 0 Å². The fourth-order valence-corrected chi connectivity index (χ4v) is 6.25. The monoisotopic (exact) mass is 458 g/mol. The lowest BCUT2D eigenvalue weighted by Gasteiger charge is -2.34. The summed E-state index contributed by atoms with van der Waals surface area (Å²) in [6.07, 6.45) is 0. The highest BCUT2D eigenvalue weighted by atomic mass is 14.5. The molecule has 0 saturated carbocycles.